The smallest absolute Gasteiger partial charge is 0.326 e. The van der Waals surface area contributed by atoms with E-state index in [1.54, 1.807) is 12.1 Å². The number of hydrogen-bond acceptors (Lipinski definition) is 7. The molecule has 170 valence electrons. The fourth-order valence-electron chi connectivity index (χ4n) is 4.08. The fraction of sp³-hybridized carbons (Fsp3) is 0.409. The number of rotatable bonds is 10. The van der Waals surface area contributed by atoms with E-state index in [0.29, 0.717) is 17.3 Å². The minimum atomic E-state index is -1.27. The highest BCUT2D eigenvalue weighted by Gasteiger charge is 2.27. The van der Waals surface area contributed by atoms with Crippen LogP contribution in [-0.2, 0) is 22.4 Å². The highest BCUT2D eigenvalue weighted by molar-refractivity contribution is 5.96. The SMILES string of the molecule is Nc1nc(N)c2c(n1)CCC2CCCc1ccc(C(=O)N[C@@H](CCC(=O)O)C(=O)O)cc1. The minimum absolute atomic E-state index is 0.180. The first-order chi connectivity index (χ1) is 15.2. The average Bonchev–Trinajstić information content (AvgIpc) is 3.14. The van der Waals surface area contributed by atoms with Gasteiger partial charge in [-0.05, 0) is 62.1 Å². The van der Waals surface area contributed by atoms with Gasteiger partial charge in [0.05, 0.1) is 5.69 Å². The maximum Gasteiger partial charge on any atom is 0.326 e. The van der Waals surface area contributed by atoms with Crippen molar-refractivity contribution in [2.45, 2.75) is 56.9 Å². The number of carbonyl (C=O) groups excluding carboxylic acids is 1. The second kappa shape index (κ2) is 10.1. The fourth-order valence-corrected chi connectivity index (χ4v) is 4.08. The van der Waals surface area contributed by atoms with Gasteiger partial charge < -0.3 is 27.0 Å². The molecule has 1 aliphatic carbocycles. The van der Waals surface area contributed by atoms with E-state index in [9.17, 15) is 19.5 Å². The molecule has 0 bridgehead atoms. The number of nitrogens with one attached hydrogen (secondary N) is 1. The van der Waals surface area contributed by atoms with Crippen molar-refractivity contribution in [1.82, 2.24) is 15.3 Å². The summed E-state index contributed by atoms with van der Waals surface area (Å²) in [6.45, 7) is 0. The maximum absolute atomic E-state index is 12.3. The van der Waals surface area contributed by atoms with Crippen molar-refractivity contribution in [2.24, 2.45) is 0 Å². The van der Waals surface area contributed by atoms with Crippen LogP contribution < -0.4 is 16.8 Å². The van der Waals surface area contributed by atoms with Crippen LogP contribution in [0, 0.1) is 0 Å². The van der Waals surface area contributed by atoms with E-state index in [0.717, 1.165) is 48.9 Å². The van der Waals surface area contributed by atoms with Crippen LogP contribution >= 0.6 is 0 Å². The van der Waals surface area contributed by atoms with Crippen LogP contribution in [-0.4, -0.2) is 44.1 Å². The molecule has 2 aromatic rings. The molecule has 0 saturated carbocycles. The van der Waals surface area contributed by atoms with Crippen LogP contribution in [0.3, 0.4) is 0 Å². The first-order valence-electron chi connectivity index (χ1n) is 10.5. The number of anilines is 2. The number of carboxylic acid groups (broad SMARTS) is 2. The molecule has 1 heterocycles. The molecule has 3 rings (SSSR count). The summed E-state index contributed by atoms with van der Waals surface area (Å²) in [6.07, 6.45) is 3.99. The first kappa shape index (κ1) is 23.0. The zero-order valence-electron chi connectivity index (χ0n) is 17.6. The summed E-state index contributed by atoms with van der Waals surface area (Å²) in [7, 11) is 0. The largest absolute Gasteiger partial charge is 0.481 e. The van der Waals surface area contributed by atoms with Crippen molar-refractivity contribution in [3.63, 3.8) is 0 Å². The van der Waals surface area contributed by atoms with E-state index in [1.807, 2.05) is 12.1 Å². The molecule has 0 spiro atoms. The van der Waals surface area contributed by atoms with Crippen molar-refractivity contribution in [3.05, 3.63) is 46.6 Å². The van der Waals surface area contributed by atoms with Crippen LogP contribution in [0.15, 0.2) is 24.3 Å². The Balaban J connectivity index is 1.52. The van der Waals surface area contributed by atoms with Gasteiger partial charge in [0.1, 0.15) is 11.9 Å². The third-order valence-corrected chi connectivity index (χ3v) is 5.69. The predicted molar refractivity (Wildman–Crippen MR) is 117 cm³/mol. The molecule has 0 saturated heterocycles. The molecular formula is C22H27N5O5. The Labute approximate surface area is 185 Å². The van der Waals surface area contributed by atoms with Gasteiger partial charge in [-0.2, -0.15) is 4.98 Å². The van der Waals surface area contributed by atoms with Crippen LogP contribution in [0.5, 0.6) is 0 Å². The lowest BCUT2D eigenvalue weighted by molar-refractivity contribution is -0.140. The number of benzene rings is 1. The zero-order chi connectivity index (χ0) is 23.3. The second-order valence-corrected chi connectivity index (χ2v) is 7.95. The topological polar surface area (TPSA) is 182 Å². The number of nitrogen functional groups attached to an aromatic ring is 2. The molecule has 2 atom stereocenters. The van der Waals surface area contributed by atoms with Crippen molar-refractivity contribution < 1.29 is 24.6 Å². The summed E-state index contributed by atoms with van der Waals surface area (Å²) in [6, 6.07) is 5.70. The van der Waals surface area contributed by atoms with Crippen molar-refractivity contribution >= 4 is 29.6 Å². The lowest BCUT2D eigenvalue weighted by Crippen LogP contribution is -2.41. The van der Waals surface area contributed by atoms with Crippen LogP contribution in [0.25, 0.3) is 0 Å². The zero-order valence-corrected chi connectivity index (χ0v) is 17.6. The number of hydrogen-bond donors (Lipinski definition) is 5. The van der Waals surface area contributed by atoms with Gasteiger partial charge in [0.2, 0.25) is 5.95 Å². The molecule has 0 fully saturated rings. The molecule has 10 heteroatoms. The Morgan fingerprint density at radius 3 is 2.50 bits per heavy atom. The molecule has 1 unspecified atom stereocenters. The number of nitrogens with zero attached hydrogens (tertiary/aromatic N) is 2. The van der Waals surface area contributed by atoms with E-state index < -0.39 is 23.9 Å². The van der Waals surface area contributed by atoms with Gasteiger partial charge in [0, 0.05) is 17.5 Å². The highest BCUT2D eigenvalue weighted by atomic mass is 16.4. The Kier molecular flexibility index (Phi) is 7.24. The van der Waals surface area contributed by atoms with E-state index in [1.165, 1.54) is 0 Å². The summed E-state index contributed by atoms with van der Waals surface area (Å²) < 4.78 is 0. The van der Waals surface area contributed by atoms with Gasteiger partial charge in [0.25, 0.3) is 5.91 Å². The molecule has 32 heavy (non-hydrogen) atoms. The van der Waals surface area contributed by atoms with Gasteiger partial charge in [-0.1, -0.05) is 12.1 Å². The second-order valence-electron chi connectivity index (χ2n) is 7.95. The lowest BCUT2D eigenvalue weighted by Gasteiger charge is -2.14. The van der Waals surface area contributed by atoms with E-state index >= 15 is 0 Å². The number of carboxylic acids is 2. The number of aliphatic carboxylic acids is 2. The van der Waals surface area contributed by atoms with Crippen molar-refractivity contribution in [1.29, 1.82) is 0 Å². The third-order valence-electron chi connectivity index (χ3n) is 5.69. The Morgan fingerprint density at radius 2 is 1.84 bits per heavy atom. The van der Waals surface area contributed by atoms with E-state index in [2.05, 4.69) is 15.3 Å². The average molecular weight is 441 g/mol. The van der Waals surface area contributed by atoms with Gasteiger partial charge >= 0.3 is 11.9 Å². The number of aromatic nitrogens is 2. The molecule has 1 amide bonds. The number of aryl methyl sites for hydroxylation is 2. The summed E-state index contributed by atoms with van der Waals surface area (Å²) >= 11 is 0. The van der Waals surface area contributed by atoms with Gasteiger partial charge in [-0.15, -0.1) is 0 Å². The molecule has 1 aliphatic rings. The monoisotopic (exact) mass is 441 g/mol. The molecule has 7 N–H and O–H groups in total. The quantitative estimate of drug-likeness (QED) is 0.367. The molecule has 10 nitrogen and oxygen atoms in total. The number of fused-ring (bicyclic) bond motifs is 1. The molecule has 1 aromatic heterocycles. The Hall–Kier alpha value is -3.69. The number of amides is 1. The normalized spacial score (nSPS) is 15.7. The van der Waals surface area contributed by atoms with Crippen LogP contribution in [0.4, 0.5) is 11.8 Å². The van der Waals surface area contributed by atoms with E-state index in [-0.39, 0.29) is 18.8 Å². The Bertz CT molecular complexity index is 1010. The standard InChI is InChI=1S/C22H27N5O5/c23-19-18-13(8-9-15(18)26-22(24)27-19)3-1-2-12-4-6-14(7-5-12)20(30)25-16(21(31)32)10-11-17(28)29/h4-7,13,16H,1-3,8-11H2,(H,25,30)(H,28,29)(H,31,32)(H4,23,24,26,27)/t13?,16-/m0/s1. The van der Waals surface area contributed by atoms with Crippen LogP contribution in [0.2, 0.25) is 0 Å². The Morgan fingerprint density at radius 1 is 1.12 bits per heavy atom. The summed E-state index contributed by atoms with van der Waals surface area (Å²) in [5.41, 5.74) is 15.1. The van der Waals surface area contributed by atoms with Crippen molar-refractivity contribution in [2.75, 3.05) is 11.5 Å². The van der Waals surface area contributed by atoms with E-state index in [4.69, 9.17) is 16.6 Å². The minimum Gasteiger partial charge on any atom is -0.481 e. The summed E-state index contributed by atoms with van der Waals surface area (Å²) in [5, 5.41) is 20.3. The molecular weight excluding hydrogens is 414 g/mol. The maximum atomic E-state index is 12.3. The summed E-state index contributed by atoms with van der Waals surface area (Å²) in [4.78, 5) is 42.6. The highest BCUT2D eigenvalue weighted by Crippen LogP contribution is 2.38. The lowest BCUT2D eigenvalue weighted by atomic mass is 9.94. The van der Waals surface area contributed by atoms with Crippen LogP contribution in [0.1, 0.15) is 65.2 Å². The predicted octanol–water partition coefficient (Wildman–Crippen LogP) is 1.74. The number of nitrogens with two attached hydrogens (primary N) is 2. The van der Waals surface area contributed by atoms with Gasteiger partial charge in [-0.25, -0.2) is 9.78 Å². The summed E-state index contributed by atoms with van der Waals surface area (Å²) in [5.74, 6) is -1.94. The third kappa shape index (κ3) is 5.71. The first-order valence-corrected chi connectivity index (χ1v) is 10.5. The molecule has 1 aromatic carbocycles. The molecule has 0 radical (unpaired) electrons. The van der Waals surface area contributed by atoms with Gasteiger partial charge in [0.15, 0.2) is 0 Å². The molecule has 0 aliphatic heterocycles. The van der Waals surface area contributed by atoms with Crippen molar-refractivity contribution in [3.8, 4) is 0 Å². The number of carbonyl (C=O) groups is 3. The van der Waals surface area contributed by atoms with Gasteiger partial charge in [-0.3, -0.25) is 9.59 Å².